The predicted octanol–water partition coefficient (Wildman–Crippen LogP) is 2.38. The molecule has 0 aliphatic heterocycles. The zero-order chi connectivity index (χ0) is 13.8. The molecule has 0 radical (unpaired) electrons. The van der Waals surface area contributed by atoms with Crippen molar-refractivity contribution in [2.24, 2.45) is 0 Å². The van der Waals surface area contributed by atoms with E-state index in [0.717, 1.165) is 0 Å². The molecule has 0 heterocycles. The average Bonchev–Trinajstić information content (AvgIpc) is 2.23. The van der Waals surface area contributed by atoms with Crippen LogP contribution in [0.15, 0.2) is 24.3 Å². The molecule has 1 aromatic rings. The Morgan fingerprint density at radius 1 is 1.50 bits per heavy atom. The molecular weight excluding hydrogens is 237 g/mol. The van der Waals surface area contributed by atoms with E-state index in [1.807, 2.05) is 0 Å². The molecule has 100 valence electrons. The summed E-state index contributed by atoms with van der Waals surface area (Å²) < 4.78 is 17.9. The second kappa shape index (κ2) is 5.82. The van der Waals surface area contributed by atoms with Crippen LogP contribution in [0, 0.1) is 5.82 Å². The van der Waals surface area contributed by atoms with E-state index < -0.39 is 23.6 Å². The quantitative estimate of drug-likeness (QED) is 0.871. The van der Waals surface area contributed by atoms with Crippen LogP contribution in [-0.4, -0.2) is 23.3 Å². The maximum Gasteiger partial charge on any atom is 0.407 e. The molecule has 0 aliphatic rings. The number of carbonyl (C=O) groups excluding carboxylic acids is 1. The smallest absolute Gasteiger partial charge is 0.407 e. The van der Waals surface area contributed by atoms with E-state index in [0.29, 0.717) is 5.56 Å². The van der Waals surface area contributed by atoms with Gasteiger partial charge in [0.2, 0.25) is 0 Å². The van der Waals surface area contributed by atoms with Gasteiger partial charge in [-0.1, -0.05) is 12.1 Å². The Morgan fingerprint density at radius 3 is 2.72 bits per heavy atom. The van der Waals surface area contributed by atoms with Crippen LogP contribution in [0.1, 0.15) is 32.4 Å². The van der Waals surface area contributed by atoms with Crippen molar-refractivity contribution in [1.82, 2.24) is 5.32 Å². The topological polar surface area (TPSA) is 58.6 Å². The summed E-state index contributed by atoms with van der Waals surface area (Å²) >= 11 is 0. The molecule has 18 heavy (non-hydrogen) atoms. The Bertz CT molecular complexity index is 415. The molecule has 0 saturated heterocycles. The Hall–Kier alpha value is -1.62. The molecule has 4 nitrogen and oxygen atoms in total. The number of carbonyl (C=O) groups is 1. The first-order valence-corrected chi connectivity index (χ1v) is 5.68. The lowest BCUT2D eigenvalue weighted by molar-refractivity contribution is 0.0492. The normalized spacial score (nSPS) is 12.9. The minimum Gasteiger partial charge on any atom is -0.444 e. The van der Waals surface area contributed by atoms with Crippen LogP contribution in [-0.2, 0) is 4.74 Å². The molecule has 0 bridgehead atoms. The van der Waals surface area contributed by atoms with Crippen molar-refractivity contribution in [1.29, 1.82) is 0 Å². The van der Waals surface area contributed by atoms with Gasteiger partial charge in [0.05, 0.1) is 12.6 Å². The van der Waals surface area contributed by atoms with Crippen molar-refractivity contribution in [2.45, 2.75) is 32.5 Å². The van der Waals surface area contributed by atoms with Gasteiger partial charge in [0, 0.05) is 0 Å². The van der Waals surface area contributed by atoms with Crippen LogP contribution in [0.5, 0.6) is 0 Å². The Kier molecular flexibility index (Phi) is 4.67. The number of alkyl carbamates (subject to hydrolysis) is 1. The van der Waals surface area contributed by atoms with Crippen molar-refractivity contribution < 1.29 is 19.0 Å². The number of aliphatic hydroxyl groups is 1. The maximum absolute atomic E-state index is 12.9. The van der Waals surface area contributed by atoms with Gasteiger partial charge in [-0.05, 0) is 38.5 Å². The molecular formula is C13H18FNO3. The molecule has 1 atom stereocenters. The van der Waals surface area contributed by atoms with Crippen molar-refractivity contribution in [3.63, 3.8) is 0 Å². The summed E-state index contributed by atoms with van der Waals surface area (Å²) in [6.07, 6.45) is -1.58. The summed E-state index contributed by atoms with van der Waals surface area (Å²) in [6.45, 7) is 5.21. The van der Waals surface area contributed by atoms with Gasteiger partial charge in [0.1, 0.15) is 11.4 Å². The molecule has 0 aromatic heterocycles. The minimum atomic E-state index is -0.965. The van der Waals surface area contributed by atoms with E-state index in [1.165, 1.54) is 18.2 Å². The molecule has 2 N–H and O–H groups in total. The van der Waals surface area contributed by atoms with Crippen LogP contribution in [0.2, 0.25) is 0 Å². The van der Waals surface area contributed by atoms with E-state index in [4.69, 9.17) is 4.74 Å². The highest BCUT2D eigenvalue weighted by atomic mass is 19.1. The van der Waals surface area contributed by atoms with Gasteiger partial charge in [0.15, 0.2) is 0 Å². The fourth-order valence-electron chi connectivity index (χ4n) is 1.33. The molecule has 0 aliphatic carbocycles. The van der Waals surface area contributed by atoms with Crippen molar-refractivity contribution in [2.75, 3.05) is 6.54 Å². The minimum absolute atomic E-state index is 0.0294. The molecule has 0 spiro atoms. The van der Waals surface area contributed by atoms with Crippen LogP contribution in [0.25, 0.3) is 0 Å². The number of rotatable bonds is 3. The number of hydrogen-bond acceptors (Lipinski definition) is 3. The van der Waals surface area contributed by atoms with E-state index in [-0.39, 0.29) is 6.54 Å². The van der Waals surface area contributed by atoms with Crippen molar-refractivity contribution >= 4 is 6.09 Å². The van der Waals surface area contributed by atoms with E-state index in [2.05, 4.69) is 5.32 Å². The van der Waals surface area contributed by atoms with E-state index >= 15 is 0 Å². The second-order valence-electron chi connectivity index (χ2n) is 4.95. The van der Waals surface area contributed by atoms with Gasteiger partial charge in [0.25, 0.3) is 0 Å². The third kappa shape index (κ3) is 5.14. The number of ether oxygens (including phenoxy) is 1. The van der Waals surface area contributed by atoms with Crippen molar-refractivity contribution in [3.8, 4) is 0 Å². The molecule has 1 rings (SSSR count). The first kappa shape index (κ1) is 14.4. The Morgan fingerprint density at radius 2 is 2.17 bits per heavy atom. The van der Waals surface area contributed by atoms with Crippen LogP contribution >= 0.6 is 0 Å². The fraction of sp³-hybridized carbons (Fsp3) is 0.462. The maximum atomic E-state index is 12.9. The molecule has 0 saturated carbocycles. The number of halogens is 1. The zero-order valence-corrected chi connectivity index (χ0v) is 10.7. The standard InChI is InChI=1S/C13H18FNO3/c1-13(2,3)18-12(17)15-8-11(16)9-5-4-6-10(14)7-9/h4-7,11,16H,8H2,1-3H3,(H,15,17)/t11-/m0/s1. The summed E-state index contributed by atoms with van der Waals surface area (Å²) in [5, 5.41) is 12.2. The van der Waals surface area contributed by atoms with Gasteiger partial charge in [-0.2, -0.15) is 0 Å². The lowest BCUT2D eigenvalue weighted by atomic mass is 10.1. The third-order valence-corrected chi connectivity index (χ3v) is 2.07. The third-order valence-electron chi connectivity index (χ3n) is 2.07. The van der Waals surface area contributed by atoms with Crippen LogP contribution < -0.4 is 5.32 Å². The number of hydrogen-bond donors (Lipinski definition) is 2. The highest BCUT2D eigenvalue weighted by Crippen LogP contribution is 2.13. The summed E-state index contributed by atoms with van der Waals surface area (Å²) in [5.74, 6) is -0.427. The Balaban J connectivity index is 2.46. The first-order valence-electron chi connectivity index (χ1n) is 5.68. The Labute approximate surface area is 106 Å². The lowest BCUT2D eigenvalue weighted by Gasteiger charge is -2.20. The van der Waals surface area contributed by atoms with Gasteiger partial charge < -0.3 is 15.2 Å². The summed E-state index contributed by atoms with van der Waals surface area (Å²) in [7, 11) is 0. The highest BCUT2D eigenvalue weighted by molar-refractivity contribution is 5.67. The highest BCUT2D eigenvalue weighted by Gasteiger charge is 2.17. The van der Waals surface area contributed by atoms with E-state index in [1.54, 1.807) is 26.8 Å². The molecule has 1 aromatic carbocycles. The van der Waals surface area contributed by atoms with Crippen LogP contribution in [0.3, 0.4) is 0 Å². The number of aliphatic hydroxyl groups excluding tert-OH is 1. The monoisotopic (exact) mass is 255 g/mol. The SMILES string of the molecule is CC(C)(C)OC(=O)NC[C@H](O)c1cccc(F)c1. The summed E-state index contributed by atoms with van der Waals surface area (Å²) in [4.78, 5) is 11.3. The van der Waals surface area contributed by atoms with Crippen molar-refractivity contribution in [3.05, 3.63) is 35.6 Å². The molecule has 0 fully saturated rings. The van der Waals surface area contributed by atoms with Gasteiger partial charge in [-0.15, -0.1) is 0 Å². The fourth-order valence-corrected chi connectivity index (χ4v) is 1.33. The first-order chi connectivity index (χ1) is 8.28. The van der Waals surface area contributed by atoms with E-state index in [9.17, 15) is 14.3 Å². The zero-order valence-electron chi connectivity index (χ0n) is 10.7. The van der Waals surface area contributed by atoms with Gasteiger partial charge >= 0.3 is 6.09 Å². The molecule has 1 amide bonds. The summed E-state index contributed by atoms with van der Waals surface area (Å²) in [6, 6.07) is 5.60. The predicted molar refractivity (Wildman–Crippen MR) is 65.6 cm³/mol. The second-order valence-corrected chi connectivity index (χ2v) is 4.95. The summed E-state index contributed by atoms with van der Waals surface area (Å²) in [5.41, 5.74) is -0.181. The molecule has 5 heteroatoms. The lowest BCUT2D eigenvalue weighted by Crippen LogP contribution is -2.34. The van der Waals surface area contributed by atoms with Gasteiger partial charge in [-0.3, -0.25) is 0 Å². The number of nitrogens with one attached hydrogen (secondary N) is 1. The number of amides is 1. The average molecular weight is 255 g/mol. The van der Waals surface area contributed by atoms with Gasteiger partial charge in [-0.25, -0.2) is 9.18 Å². The number of benzene rings is 1. The molecule has 0 unspecified atom stereocenters. The largest absolute Gasteiger partial charge is 0.444 e. The van der Waals surface area contributed by atoms with Crippen LogP contribution in [0.4, 0.5) is 9.18 Å².